The van der Waals surface area contributed by atoms with E-state index in [1.165, 1.54) is 22.1 Å². The Labute approximate surface area is 142 Å². The van der Waals surface area contributed by atoms with Gasteiger partial charge in [0.15, 0.2) is 0 Å². The molecule has 0 unspecified atom stereocenters. The Morgan fingerprint density at radius 3 is 2.83 bits per heavy atom. The van der Waals surface area contributed by atoms with E-state index in [1.54, 1.807) is 0 Å². The third-order valence-corrected chi connectivity index (χ3v) is 4.69. The van der Waals surface area contributed by atoms with E-state index in [0.717, 1.165) is 37.5 Å². The fraction of sp³-hybridized carbons (Fsp3) is 0.286. The van der Waals surface area contributed by atoms with Crippen molar-refractivity contribution in [3.05, 3.63) is 71.3 Å². The van der Waals surface area contributed by atoms with Gasteiger partial charge in [0.05, 0.1) is 5.52 Å². The maximum Gasteiger partial charge on any atom is 0.218 e. The van der Waals surface area contributed by atoms with E-state index in [0.29, 0.717) is 6.61 Å². The van der Waals surface area contributed by atoms with Crippen molar-refractivity contribution in [2.24, 2.45) is 0 Å². The van der Waals surface area contributed by atoms with Crippen LogP contribution in [0.3, 0.4) is 0 Å². The number of benzene rings is 2. The molecular formula is C21H22N2O. The monoisotopic (exact) mass is 318 g/mol. The lowest BCUT2D eigenvalue weighted by Crippen LogP contribution is -2.27. The Hall–Kier alpha value is -2.39. The lowest BCUT2D eigenvalue weighted by atomic mass is 10.1. The maximum atomic E-state index is 5.94. The predicted octanol–water partition coefficient (Wildman–Crippen LogP) is 3.98. The zero-order chi connectivity index (χ0) is 16.4. The van der Waals surface area contributed by atoms with Crippen LogP contribution in [0.2, 0.25) is 0 Å². The van der Waals surface area contributed by atoms with Crippen LogP contribution in [0.4, 0.5) is 0 Å². The van der Waals surface area contributed by atoms with Crippen LogP contribution < -0.4 is 4.74 Å². The molecule has 0 fully saturated rings. The van der Waals surface area contributed by atoms with E-state index in [2.05, 4.69) is 66.4 Å². The molecule has 0 amide bonds. The fourth-order valence-corrected chi connectivity index (χ4v) is 3.33. The highest BCUT2D eigenvalue weighted by molar-refractivity contribution is 5.83. The second-order valence-corrected chi connectivity index (χ2v) is 6.46. The van der Waals surface area contributed by atoms with Gasteiger partial charge in [-0.25, -0.2) is 4.98 Å². The van der Waals surface area contributed by atoms with Gasteiger partial charge in [-0.15, -0.1) is 0 Å². The highest BCUT2D eigenvalue weighted by Crippen LogP contribution is 2.27. The molecule has 0 atom stereocenters. The normalized spacial score (nSPS) is 14.9. The van der Waals surface area contributed by atoms with Crippen molar-refractivity contribution in [3.8, 4) is 5.88 Å². The number of pyridine rings is 1. The van der Waals surface area contributed by atoms with E-state index in [9.17, 15) is 0 Å². The van der Waals surface area contributed by atoms with Gasteiger partial charge in [-0.3, -0.25) is 4.90 Å². The van der Waals surface area contributed by atoms with Crippen LogP contribution in [-0.4, -0.2) is 29.6 Å². The van der Waals surface area contributed by atoms with Crippen LogP contribution in [0, 0.1) is 6.92 Å². The summed E-state index contributed by atoms with van der Waals surface area (Å²) in [6.07, 6.45) is 1.07. The van der Waals surface area contributed by atoms with E-state index < -0.39 is 0 Å². The fourth-order valence-electron chi connectivity index (χ4n) is 3.33. The first kappa shape index (κ1) is 15.2. The molecule has 0 aliphatic carbocycles. The Kier molecular flexibility index (Phi) is 4.18. The van der Waals surface area contributed by atoms with Crippen molar-refractivity contribution >= 4 is 10.9 Å². The number of para-hydroxylation sites is 1. The van der Waals surface area contributed by atoms with Gasteiger partial charge in [0.25, 0.3) is 0 Å². The third kappa shape index (κ3) is 3.13. The highest BCUT2D eigenvalue weighted by Gasteiger charge is 2.17. The molecule has 3 aromatic rings. The molecule has 0 saturated heterocycles. The summed E-state index contributed by atoms with van der Waals surface area (Å²) in [6, 6.07) is 19.2. The second-order valence-electron chi connectivity index (χ2n) is 6.46. The van der Waals surface area contributed by atoms with Gasteiger partial charge in [0.2, 0.25) is 5.88 Å². The van der Waals surface area contributed by atoms with Crippen molar-refractivity contribution in [1.82, 2.24) is 9.88 Å². The number of aromatic nitrogens is 1. The molecule has 3 heteroatoms. The van der Waals surface area contributed by atoms with Crippen LogP contribution in [0.25, 0.3) is 10.9 Å². The number of ether oxygens (including phenoxy) is 1. The first-order valence-electron chi connectivity index (χ1n) is 8.58. The average Bonchev–Trinajstić information content (AvgIpc) is 2.81. The average molecular weight is 318 g/mol. The zero-order valence-electron chi connectivity index (χ0n) is 14.0. The topological polar surface area (TPSA) is 25.4 Å². The molecule has 2 heterocycles. The largest absolute Gasteiger partial charge is 0.476 e. The molecule has 0 N–H and O–H groups in total. The molecule has 0 saturated carbocycles. The number of hydrogen-bond donors (Lipinski definition) is 0. The maximum absolute atomic E-state index is 5.94. The van der Waals surface area contributed by atoms with Crippen LogP contribution >= 0.6 is 0 Å². The van der Waals surface area contributed by atoms with E-state index in [-0.39, 0.29) is 0 Å². The smallest absolute Gasteiger partial charge is 0.218 e. The summed E-state index contributed by atoms with van der Waals surface area (Å²) in [6.45, 7) is 5.69. The number of hydrogen-bond acceptors (Lipinski definition) is 3. The molecule has 1 aliphatic rings. The van der Waals surface area contributed by atoms with Gasteiger partial charge in [-0.1, -0.05) is 48.5 Å². The van der Waals surface area contributed by atoms with Crippen LogP contribution in [0.15, 0.2) is 54.6 Å². The van der Waals surface area contributed by atoms with Gasteiger partial charge in [-0.05, 0) is 30.5 Å². The SMILES string of the molecule is Cc1cccc2cc3c(nc12)OCCN(CCc1ccccc1)C3. The first-order valence-corrected chi connectivity index (χ1v) is 8.58. The van der Waals surface area contributed by atoms with Crippen molar-refractivity contribution in [3.63, 3.8) is 0 Å². The molecular weight excluding hydrogens is 296 g/mol. The summed E-state index contributed by atoms with van der Waals surface area (Å²) in [4.78, 5) is 7.24. The van der Waals surface area contributed by atoms with Gasteiger partial charge >= 0.3 is 0 Å². The molecule has 4 rings (SSSR count). The minimum absolute atomic E-state index is 0.701. The minimum Gasteiger partial charge on any atom is -0.476 e. The Morgan fingerprint density at radius 2 is 1.96 bits per heavy atom. The first-order chi connectivity index (χ1) is 11.8. The van der Waals surface area contributed by atoms with Gasteiger partial charge in [-0.2, -0.15) is 0 Å². The van der Waals surface area contributed by atoms with Crippen molar-refractivity contribution in [2.75, 3.05) is 19.7 Å². The van der Waals surface area contributed by atoms with Crippen molar-refractivity contribution in [2.45, 2.75) is 19.9 Å². The number of nitrogens with zero attached hydrogens (tertiary/aromatic N) is 2. The quantitative estimate of drug-likeness (QED) is 0.730. The van der Waals surface area contributed by atoms with Crippen LogP contribution in [0.1, 0.15) is 16.7 Å². The summed E-state index contributed by atoms with van der Waals surface area (Å²) >= 11 is 0. The highest BCUT2D eigenvalue weighted by atomic mass is 16.5. The van der Waals surface area contributed by atoms with Gasteiger partial charge < -0.3 is 4.74 Å². The van der Waals surface area contributed by atoms with Crippen molar-refractivity contribution in [1.29, 1.82) is 0 Å². The summed E-state index contributed by atoms with van der Waals surface area (Å²) in [5, 5.41) is 1.20. The third-order valence-electron chi connectivity index (χ3n) is 4.69. The molecule has 0 bridgehead atoms. The standard InChI is InChI=1S/C21H22N2O/c1-16-6-5-9-18-14-19-15-23(11-10-17-7-3-2-4-8-17)12-13-24-21(19)22-20(16)18/h2-9,14H,10-13,15H2,1H3. The summed E-state index contributed by atoms with van der Waals surface area (Å²) < 4.78 is 5.94. The predicted molar refractivity (Wildman–Crippen MR) is 97.4 cm³/mol. The van der Waals surface area contributed by atoms with E-state index in [1.807, 2.05) is 0 Å². The van der Waals surface area contributed by atoms with Gasteiger partial charge in [0.1, 0.15) is 6.61 Å². The van der Waals surface area contributed by atoms with Crippen molar-refractivity contribution < 1.29 is 4.74 Å². The minimum atomic E-state index is 0.701. The zero-order valence-corrected chi connectivity index (χ0v) is 14.0. The molecule has 3 nitrogen and oxygen atoms in total. The molecule has 1 aliphatic heterocycles. The number of rotatable bonds is 3. The number of aryl methyl sites for hydroxylation is 1. The second kappa shape index (κ2) is 6.62. The van der Waals surface area contributed by atoms with Crippen LogP contribution in [-0.2, 0) is 13.0 Å². The number of fused-ring (bicyclic) bond motifs is 2. The van der Waals surface area contributed by atoms with Crippen LogP contribution in [0.5, 0.6) is 5.88 Å². The Balaban J connectivity index is 1.56. The van der Waals surface area contributed by atoms with E-state index >= 15 is 0 Å². The summed E-state index contributed by atoms with van der Waals surface area (Å²) in [7, 11) is 0. The molecule has 0 radical (unpaired) electrons. The molecule has 0 spiro atoms. The van der Waals surface area contributed by atoms with Gasteiger partial charge in [0, 0.05) is 30.6 Å². The molecule has 24 heavy (non-hydrogen) atoms. The molecule has 1 aromatic heterocycles. The molecule has 122 valence electrons. The van der Waals surface area contributed by atoms with E-state index in [4.69, 9.17) is 9.72 Å². The molecule has 2 aromatic carbocycles. The lowest BCUT2D eigenvalue weighted by molar-refractivity contribution is 0.225. The summed E-state index contributed by atoms with van der Waals surface area (Å²) in [5.41, 5.74) is 4.83. The summed E-state index contributed by atoms with van der Waals surface area (Å²) in [5.74, 6) is 0.805. The Bertz CT molecular complexity index is 845. The lowest BCUT2D eigenvalue weighted by Gasteiger charge is -2.19. The Morgan fingerprint density at radius 1 is 1.08 bits per heavy atom.